The summed E-state index contributed by atoms with van der Waals surface area (Å²) < 4.78 is 8.92. The third-order valence-electron chi connectivity index (χ3n) is 7.23. The molecule has 11 heteroatoms. The Morgan fingerprint density at radius 1 is 1.22 bits per heavy atom. The van der Waals surface area contributed by atoms with E-state index in [4.69, 9.17) is 9.72 Å². The van der Waals surface area contributed by atoms with Crippen molar-refractivity contribution in [3.05, 3.63) is 42.4 Å². The molecule has 5 heterocycles. The van der Waals surface area contributed by atoms with Crippen LogP contribution in [0.2, 0.25) is 0 Å². The molecule has 6 rings (SSSR count). The van der Waals surface area contributed by atoms with Crippen LogP contribution in [0, 0.1) is 0 Å². The summed E-state index contributed by atoms with van der Waals surface area (Å²) in [6.07, 6.45) is 8.07. The van der Waals surface area contributed by atoms with Crippen molar-refractivity contribution >= 4 is 34.3 Å². The highest BCUT2D eigenvalue weighted by Crippen LogP contribution is 2.31. The number of ether oxygens (including phenoxy) is 1. The van der Waals surface area contributed by atoms with Crippen LogP contribution in [0.4, 0.5) is 5.82 Å². The van der Waals surface area contributed by atoms with Crippen molar-refractivity contribution in [3.63, 3.8) is 0 Å². The van der Waals surface area contributed by atoms with Crippen LogP contribution >= 0.6 is 0 Å². The Morgan fingerprint density at radius 2 is 2.08 bits per heavy atom. The van der Waals surface area contributed by atoms with Gasteiger partial charge in [-0.2, -0.15) is 9.61 Å². The molecular weight excluding hydrogens is 460 g/mol. The molecule has 2 atom stereocenters. The number of anilines is 1. The summed E-state index contributed by atoms with van der Waals surface area (Å²) in [5.74, 6) is 0.538. The Balaban J connectivity index is 1.40. The largest absolute Gasteiger partial charge is 0.379 e. The van der Waals surface area contributed by atoms with E-state index < -0.39 is 0 Å². The molecule has 36 heavy (non-hydrogen) atoms. The molecule has 1 saturated carbocycles. The number of pyridine rings is 1. The highest BCUT2D eigenvalue weighted by Gasteiger charge is 2.33. The maximum atomic E-state index is 13.1. The lowest BCUT2D eigenvalue weighted by atomic mass is 9.89. The van der Waals surface area contributed by atoms with Crippen LogP contribution in [0.3, 0.4) is 0 Å². The van der Waals surface area contributed by atoms with E-state index in [0.29, 0.717) is 22.7 Å². The third-order valence-corrected chi connectivity index (χ3v) is 7.23. The number of likely N-dealkylation sites (tertiary alicyclic amines) is 1. The molecule has 0 bridgehead atoms. The van der Waals surface area contributed by atoms with Crippen molar-refractivity contribution in [1.29, 1.82) is 0 Å². The summed E-state index contributed by atoms with van der Waals surface area (Å²) in [5.41, 5.74) is 3.05. The van der Waals surface area contributed by atoms with Crippen LogP contribution in [-0.2, 0) is 16.1 Å². The Morgan fingerprint density at radius 3 is 2.78 bits per heavy atom. The lowest BCUT2D eigenvalue weighted by Crippen LogP contribution is -2.51. The molecule has 4 aromatic rings. The molecule has 2 amide bonds. The average molecular weight is 489 g/mol. The fourth-order valence-corrected chi connectivity index (χ4v) is 4.86. The molecule has 1 aliphatic heterocycles. The summed E-state index contributed by atoms with van der Waals surface area (Å²) in [5, 5.41) is 11.5. The molecule has 2 unspecified atom stereocenters. The summed E-state index contributed by atoms with van der Waals surface area (Å²) >= 11 is 0. The molecule has 1 saturated heterocycles. The Labute approximate surface area is 207 Å². The molecule has 0 radical (unpaired) electrons. The number of aromatic nitrogens is 5. The van der Waals surface area contributed by atoms with E-state index in [1.165, 1.54) is 0 Å². The topological polar surface area (TPSA) is 119 Å². The molecule has 2 fully saturated rings. The number of hydrogen-bond acceptors (Lipinski definition) is 7. The number of rotatable bonds is 7. The fraction of sp³-hybridized carbons (Fsp3) is 0.400. The van der Waals surface area contributed by atoms with Gasteiger partial charge in [0.25, 0.3) is 5.91 Å². The number of amides is 2. The second-order valence-corrected chi connectivity index (χ2v) is 9.28. The Bertz CT molecular complexity index is 1470. The molecule has 2 aliphatic rings. The number of nitrogens with one attached hydrogen (secondary N) is 2. The fourth-order valence-electron chi connectivity index (χ4n) is 4.86. The van der Waals surface area contributed by atoms with Gasteiger partial charge in [-0.3, -0.25) is 9.59 Å². The zero-order valence-electron chi connectivity index (χ0n) is 20.3. The van der Waals surface area contributed by atoms with Gasteiger partial charge in [-0.25, -0.2) is 9.97 Å². The van der Waals surface area contributed by atoms with E-state index in [9.17, 15) is 9.59 Å². The SMILES string of the molecule is CNc1cc(-c2cn(CC(=O)N3CCC3)c3ncccc23)nc2c(C(=O)NC3CCC3OC)cnn12. The summed E-state index contributed by atoms with van der Waals surface area (Å²) in [6, 6.07) is 5.71. The molecule has 2 N–H and O–H groups in total. The number of fused-ring (bicyclic) bond motifs is 2. The number of nitrogens with zero attached hydrogens (tertiary/aromatic N) is 6. The van der Waals surface area contributed by atoms with E-state index in [1.54, 1.807) is 31.1 Å². The maximum absolute atomic E-state index is 13.1. The Hall–Kier alpha value is -3.99. The quantitative estimate of drug-likeness (QED) is 0.408. The predicted molar refractivity (Wildman–Crippen MR) is 134 cm³/mol. The standard InChI is InChI=1S/C25H28N8O3/c1-26-21-11-19(29-24-16(12-28-33(21)24)25(35)30-18-6-7-20(18)36-2)17-13-32(14-22(34)31-9-4-10-31)23-15(17)5-3-8-27-23/h3,5,8,11-13,18,20,26H,4,6-7,9-10,14H2,1-2H3,(H,30,35). The van der Waals surface area contributed by atoms with Crippen molar-refractivity contribution in [3.8, 4) is 11.3 Å². The summed E-state index contributed by atoms with van der Waals surface area (Å²) in [4.78, 5) is 37.1. The molecule has 0 spiro atoms. The van der Waals surface area contributed by atoms with Crippen LogP contribution in [0.5, 0.6) is 0 Å². The monoisotopic (exact) mass is 488 g/mol. The van der Waals surface area contributed by atoms with Gasteiger partial charge in [0.2, 0.25) is 5.91 Å². The normalized spacial score (nSPS) is 19.2. The second kappa shape index (κ2) is 8.90. The second-order valence-electron chi connectivity index (χ2n) is 9.28. The minimum Gasteiger partial charge on any atom is -0.379 e. The Kier molecular flexibility index (Phi) is 5.56. The molecule has 0 aromatic carbocycles. The number of hydrogen-bond donors (Lipinski definition) is 2. The van der Waals surface area contributed by atoms with Gasteiger partial charge >= 0.3 is 0 Å². The summed E-state index contributed by atoms with van der Waals surface area (Å²) in [7, 11) is 3.46. The van der Waals surface area contributed by atoms with Crippen LogP contribution in [0.15, 0.2) is 36.8 Å². The van der Waals surface area contributed by atoms with Gasteiger partial charge in [-0.05, 0) is 31.4 Å². The van der Waals surface area contributed by atoms with Gasteiger partial charge in [0.15, 0.2) is 5.65 Å². The predicted octanol–water partition coefficient (Wildman–Crippen LogP) is 1.93. The van der Waals surface area contributed by atoms with Gasteiger partial charge in [-0.1, -0.05) is 0 Å². The van der Waals surface area contributed by atoms with Gasteiger partial charge in [0, 0.05) is 56.7 Å². The van der Waals surface area contributed by atoms with E-state index in [1.807, 2.05) is 33.9 Å². The van der Waals surface area contributed by atoms with Crippen LogP contribution in [0.25, 0.3) is 27.9 Å². The molecular formula is C25H28N8O3. The van der Waals surface area contributed by atoms with Crippen LogP contribution < -0.4 is 10.6 Å². The first-order valence-electron chi connectivity index (χ1n) is 12.2. The van der Waals surface area contributed by atoms with Gasteiger partial charge in [-0.15, -0.1) is 0 Å². The first kappa shape index (κ1) is 22.5. The molecule has 11 nitrogen and oxygen atoms in total. The molecule has 1 aliphatic carbocycles. The van der Waals surface area contributed by atoms with E-state index in [0.717, 1.165) is 48.9 Å². The van der Waals surface area contributed by atoms with Crippen LogP contribution in [-0.4, -0.2) is 80.3 Å². The minimum absolute atomic E-state index is 0.0163. The third kappa shape index (κ3) is 3.67. The van der Waals surface area contributed by atoms with Crippen molar-refractivity contribution in [2.45, 2.75) is 38.0 Å². The van der Waals surface area contributed by atoms with Gasteiger partial charge in [0.05, 0.1) is 24.0 Å². The lowest BCUT2D eigenvalue weighted by molar-refractivity contribution is -0.135. The lowest BCUT2D eigenvalue weighted by Gasteiger charge is -2.35. The average Bonchev–Trinajstić information content (AvgIpc) is 3.42. The van der Waals surface area contributed by atoms with E-state index in [2.05, 4.69) is 20.7 Å². The smallest absolute Gasteiger partial charge is 0.257 e. The summed E-state index contributed by atoms with van der Waals surface area (Å²) in [6.45, 7) is 1.83. The zero-order chi connectivity index (χ0) is 24.8. The maximum Gasteiger partial charge on any atom is 0.257 e. The van der Waals surface area contributed by atoms with Crippen molar-refractivity contribution in [2.75, 3.05) is 32.6 Å². The van der Waals surface area contributed by atoms with Crippen molar-refractivity contribution in [2.24, 2.45) is 0 Å². The van der Waals surface area contributed by atoms with Crippen LogP contribution in [0.1, 0.15) is 29.6 Å². The highest BCUT2D eigenvalue weighted by atomic mass is 16.5. The first-order valence-corrected chi connectivity index (χ1v) is 12.2. The van der Waals surface area contributed by atoms with Crippen molar-refractivity contribution in [1.82, 2.24) is 34.4 Å². The molecule has 186 valence electrons. The van der Waals surface area contributed by atoms with E-state index in [-0.39, 0.29) is 30.5 Å². The number of carbonyl (C=O) groups excluding carboxylic acids is 2. The number of carbonyl (C=O) groups is 2. The van der Waals surface area contributed by atoms with Gasteiger partial charge in [0.1, 0.15) is 23.6 Å². The zero-order valence-corrected chi connectivity index (χ0v) is 20.3. The number of methoxy groups -OCH3 is 1. The van der Waals surface area contributed by atoms with Gasteiger partial charge < -0.3 is 24.8 Å². The molecule has 4 aromatic heterocycles. The highest BCUT2D eigenvalue weighted by molar-refractivity contribution is 6.01. The first-order chi connectivity index (χ1) is 17.6. The van der Waals surface area contributed by atoms with E-state index >= 15 is 0 Å². The van der Waals surface area contributed by atoms with Crippen molar-refractivity contribution < 1.29 is 14.3 Å². The minimum atomic E-state index is -0.229.